The molecule has 15 heavy (non-hydrogen) atoms. The standard InChI is InChI=1S/C10H20O4Si/c1-5-12-8(4)9(13-6-2)10(11)15-14-7-3/h5-7,15H2,1-4H3/b9-8-. The first kappa shape index (κ1) is 14.2. The number of hydrogen-bond donors (Lipinski definition) is 0. The quantitative estimate of drug-likeness (QED) is 0.355. The van der Waals surface area contributed by atoms with Crippen molar-refractivity contribution in [1.82, 2.24) is 0 Å². The van der Waals surface area contributed by atoms with Gasteiger partial charge < -0.3 is 13.9 Å². The second-order valence-electron chi connectivity index (χ2n) is 2.81. The predicted octanol–water partition coefficient (Wildman–Crippen LogP) is 0.938. The Morgan fingerprint density at radius 3 is 2.13 bits per heavy atom. The molecule has 0 saturated carbocycles. The average molecular weight is 232 g/mol. The summed E-state index contributed by atoms with van der Waals surface area (Å²) in [6.07, 6.45) is 0. The first-order chi connectivity index (χ1) is 7.17. The van der Waals surface area contributed by atoms with Crippen LogP contribution in [0.15, 0.2) is 11.5 Å². The highest BCUT2D eigenvalue weighted by atomic mass is 28.2. The summed E-state index contributed by atoms with van der Waals surface area (Å²) in [7, 11) is -1.19. The van der Waals surface area contributed by atoms with Crippen LogP contribution in [0, 0.1) is 0 Å². The molecule has 0 aliphatic rings. The van der Waals surface area contributed by atoms with E-state index in [0.29, 0.717) is 31.3 Å². The van der Waals surface area contributed by atoms with Gasteiger partial charge in [-0.3, -0.25) is 4.79 Å². The summed E-state index contributed by atoms with van der Waals surface area (Å²) in [4.78, 5) is 11.7. The summed E-state index contributed by atoms with van der Waals surface area (Å²) in [6.45, 7) is 8.90. The van der Waals surface area contributed by atoms with Crippen LogP contribution in [0.5, 0.6) is 0 Å². The molecule has 4 nitrogen and oxygen atoms in total. The number of rotatable bonds is 8. The Bertz CT molecular complexity index is 225. The van der Waals surface area contributed by atoms with Gasteiger partial charge in [-0.05, 0) is 27.7 Å². The molecule has 0 aromatic carbocycles. The summed E-state index contributed by atoms with van der Waals surface area (Å²) in [5.74, 6) is 0.885. The average Bonchev–Trinajstić information content (AvgIpc) is 2.22. The molecule has 0 aliphatic heterocycles. The number of allylic oxidation sites excluding steroid dienone is 2. The fourth-order valence-electron chi connectivity index (χ4n) is 1.07. The second kappa shape index (κ2) is 8.49. The lowest BCUT2D eigenvalue weighted by Crippen LogP contribution is -2.19. The van der Waals surface area contributed by atoms with Gasteiger partial charge >= 0.3 is 0 Å². The third kappa shape index (κ3) is 5.59. The summed E-state index contributed by atoms with van der Waals surface area (Å²) >= 11 is 0. The molecule has 0 amide bonds. The maximum atomic E-state index is 11.7. The molecule has 5 heteroatoms. The molecule has 0 spiro atoms. The maximum Gasteiger partial charge on any atom is 0.245 e. The van der Waals surface area contributed by atoms with Gasteiger partial charge in [-0.1, -0.05) is 0 Å². The van der Waals surface area contributed by atoms with Crippen LogP contribution in [0.1, 0.15) is 27.7 Å². The lowest BCUT2D eigenvalue weighted by atomic mass is 10.4. The minimum atomic E-state index is -1.19. The molecule has 0 heterocycles. The van der Waals surface area contributed by atoms with Crippen molar-refractivity contribution in [3.63, 3.8) is 0 Å². The largest absolute Gasteiger partial charge is 0.495 e. The zero-order chi connectivity index (χ0) is 11.7. The number of hydrogen-bond acceptors (Lipinski definition) is 4. The fraction of sp³-hybridized carbons (Fsp3) is 0.700. The van der Waals surface area contributed by atoms with Crippen LogP contribution >= 0.6 is 0 Å². The van der Waals surface area contributed by atoms with Crippen LogP contribution < -0.4 is 0 Å². The van der Waals surface area contributed by atoms with E-state index >= 15 is 0 Å². The van der Waals surface area contributed by atoms with Crippen molar-refractivity contribution in [2.24, 2.45) is 0 Å². The van der Waals surface area contributed by atoms with E-state index in [-0.39, 0.29) is 5.41 Å². The first-order valence-corrected chi connectivity index (χ1v) is 6.53. The number of ether oxygens (including phenoxy) is 2. The smallest absolute Gasteiger partial charge is 0.245 e. The van der Waals surface area contributed by atoms with Crippen molar-refractivity contribution in [2.75, 3.05) is 19.8 Å². The van der Waals surface area contributed by atoms with Crippen molar-refractivity contribution < 1.29 is 18.7 Å². The summed E-state index contributed by atoms with van der Waals surface area (Å²) in [6, 6.07) is 0. The molecule has 0 aromatic rings. The van der Waals surface area contributed by atoms with Crippen LogP contribution in [-0.2, 0) is 18.7 Å². The fourth-order valence-corrected chi connectivity index (χ4v) is 1.94. The molecule has 0 rings (SSSR count). The first-order valence-electron chi connectivity index (χ1n) is 5.24. The summed E-state index contributed by atoms with van der Waals surface area (Å²) in [5, 5.41) is -0.0374. The van der Waals surface area contributed by atoms with Gasteiger partial charge in [0.1, 0.15) is 5.76 Å². The van der Waals surface area contributed by atoms with Gasteiger partial charge in [0.15, 0.2) is 5.76 Å². The molecule has 0 N–H and O–H groups in total. The third-order valence-corrected chi connectivity index (χ3v) is 2.86. The van der Waals surface area contributed by atoms with E-state index in [4.69, 9.17) is 13.9 Å². The Labute approximate surface area is 93.5 Å². The van der Waals surface area contributed by atoms with Gasteiger partial charge in [-0.2, -0.15) is 0 Å². The van der Waals surface area contributed by atoms with Crippen molar-refractivity contribution in [3.8, 4) is 0 Å². The minimum Gasteiger partial charge on any atom is -0.495 e. The van der Waals surface area contributed by atoms with Crippen LogP contribution in [0.25, 0.3) is 0 Å². The Balaban J connectivity index is 4.49. The predicted molar refractivity (Wildman–Crippen MR) is 61.1 cm³/mol. The van der Waals surface area contributed by atoms with Gasteiger partial charge in [0.05, 0.1) is 13.2 Å². The van der Waals surface area contributed by atoms with E-state index in [1.165, 1.54) is 0 Å². The highest BCUT2D eigenvalue weighted by Gasteiger charge is 2.15. The maximum absolute atomic E-state index is 11.7. The SMILES string of the molecule is CCO[SiH2]C(=O)/C(OCC)=C(\C)OCC. The Morgan fingerprint density at radius 2 is 1.67 bits per heavy atom. The number of carbonyl (C=O) groups is 1. The van der Waals surface area contributed by atoms with Gasteiger partial charge in [0.2, 0.25) is 15.2 Å². The van der Waals surface area contributed by atoms with E-state index < -0.39 is 9.76 Å². The van der Waals surface area contributed by atoms with Gasteiger partial charge in [-0.15, -0.1) is 0 Å². The Hall–Kier alpha value is -0.813. The second-order valence-corrected chi connectivity index (χ2v) is 4.15. The van der Waals surface area contributed by atoms with Crippen LogP contribution in [0.2, 0.25) is 0 Å². The summed E-state index contributed by atoms with van der Waals surface area (Å²) < 4.78 is 15.7. The molecule has 0 saturated heterocycles. The molecule has 0 atom stereocenters. The lowest BCUT2D eigenvalue weighted by Gasteiger charge is -2.11. The van der Waals surface area contributed by atoms with Crippen molar-refractivity contribution in [1.29, 1.82) is 0 Å². The Kier molecular flexibility index (Phi) is 8.03. The van der Waals surface area contributed by atoms with Gasteiger partial charge in [0, 0.05) is 6.61 Å². The Morgan fingerprint density at radius 1 is 1.07 bits per heavy atom. The van der Waals surface area contributed by atoms with E-state index in [1.807, 2.05) is 20.8 Å². The molecule has 0 unspecified atom stereocenters. The minimum absolute atomic E-state index is 0.0374. The topological polar surface area (TPSA) is 44.8 Å². The van der Waals surface area contributed by atoms with Gasteiger partial charge in [-0.25, -0.2) is 0 Å². The molecule has 88 valence electrons. The van der Waals surface area contributed by atoms with Crippen LogP contribution in [0.3, 0.4) is 0 Å². The zero-order valence-electron chi connectivity index (χ0n) is 9.96. The normalized spacial score (nSPS) is 12.8. The molecule has 0 bridgehead atoms. The summed E-state index contributed by atoms with van der Waals surface area (Å²) in [5.41, 5.74) is 0. The molecular weight excluding hydrogens is 212 g/mol. The molecule has 0 aromatic heterocycles. The molecule has 0 aliphatic carbocycles. The van der Waals surface area contributed by atoms with Crippen LogP contribution in [0.4, 0.5) is 0 Å². The van der Waals surface area contributed by atoms with Crippen LogP contribution in [-0.4, -0.2) is 35.0 Å². The molecule has 0 radical (unpaired) electrons. The van der Waals surface area contributed by atoms with E-state index in [2.05, 4.69) is 0 Å². The van der Waals surface area contributed by atoms with E-state index in [9.17, 15) is 4.79 Å². The molecular formula is C10H20O4Si. The van der Waals surface area contributed by atoms with E-state index in [0.717, 1.165) is 0 Å². The zero-order valence-corrected chi connectivity index (χ0v) is 11.4. The number of carbonyl (C=O) groups excluding carboxylic acids is 1. The third-order valence-electron chi connectivity index (χ3n) is 1.66. The van der Waals surface area contributed by atoms with Gasteiger partial charge in [0.25, 0.3) is 0 Å². The molecule has 0 fully saturated rings. The van der Waals surface area contributed by atoms with Crippen molar-refractivity contribution >= 4 is 15.2 Å². The van der Waals surface area contributed by atoms with Crippen molar-refractivity contribution in [2.45, 2.75) is 27.7 Å². The monoisotopic (exact) mass is 232 g/mol. The highest BCUT2D eigenvalue weighted by Crippen LogP contribution is 2.08. The van der Waals surface area contributed by atoms with E-state index in [1.54, 1.807) is 6.92 Å². The van der Waals surface area contributed by atoms with Crippen molar-refractivity contribution in [3.05, 3.63) is 11.5 Å². The highest BCUT2D eigenvalue weighted by molar-refractivity contribution is 6.72. The lowest BCUT2D eigenvalue weighted by molar-refractivity contribution is -0.113.